The topological polar surface area (TPSA) is 100 Å². The van der Waals surface area contributed by atoms with E-state index < -0.39 is 30.7 Å². The number of rotatable bonds is 8. The van der Waals surface area contributed by atoms with Crippen LogP contribution in [0.25, 0.3) is 0 Å². The third-order valence-electron chi connectivity index (χ3n) is 3.69. The number of alkyl halides is 3. The van der Waals surface area contributed by atoms with Crippen molar-refractivity contribution in [1.29, 1.82) is 0 Å². The largest absolute Gasteiger partial charge is 0.494 e. The SMILES string of the molecule is Cc1nnc(C(C)C(OC(N)=O)c2cccc(OCCCC(F)(F)F)c2)o1. The molecule has 0 saturated carbocycles. The molecule has 0 aliphatic carbocycles. The average Bonchev–Trinajstić information content (AvgIpc) is 3.02. The van der Waals surface area contributed by atoms with Crippen LogP contribution in [0.2, 0.25) is 0 Å². The van der Waals surface area contributed by atoms with E-state index in [4.69, 9.17) is 19.6 Å². The van der Waals surface area contributed by atoms with E-state index in [0.717, 1.165) is 0 Å². The van der Waals surface area contributed by atoms with Gasteiger partial charge in [-0.1, -0.05) is 12.1 Å². The van der Waals surface area contributed by atoms with Gasteiger partial charge in [-0.15, -0.1) is 10.2 Å². The van der Waals surface area contributed by atoms with Crippen molar-refractivity contribution >= 4 is 6.09 Å². The summed E-state index contributed by atoms with van der Waals surface area (Å²) in [5.74, 6) is 0.465. The van der Waals surface area contributed by atoms with Crippen molar-refractivity contribution in [3.63, 3.8) is 0 Å². The molecular weight excluding hydrogens is 367 g/mol. The van der Waals surface area contributed by atoms with Gasteiger partial charge in [-0.2, -0.15) is 13.2 Å². The highest BCUT2D eigenvalue weighted by atomic mass is 19.4. The number of hydrogen-bond donors (Lipinski definition) is 1. The van der Waals surface area contributed by atoms with Gasteiger partial charge < -0.3 is 19.6 Å². The summed E-state index contributed by atoms with van der Waals surface area (Å²) >= 11 is 0. The summed E-state index contributed by atoms with van der Waals surface area (Å²) in [4.78, 5) is 11.3. The maximum Gasteiger partial charge on any atom is 0.405 e. The van der Waals surface area contributed by atoms with Gasteiger partial charge in [0.05, 0.1) is 12.5 Å². The van der Waals surface area contributed by atoms with Crippen LogP contribution >= 0.6 is 0 Å². The van der Waals surface area contributed by atoms with Gasteiger partial charge in [0.2, 0.25) is 11.8 Å². The molecule has 0 radical (unpaired) electrons. The first kappa shape index (κ1) is 20.5. The van der Waals surface area contributed by atoms with Gasteiger partial charge in [-0.3, -0.25) is 0 Å². The van der Waals surface area contributed by atoms with Crippen LogP contribution in [0.3, 0.4) is 0 Å². The summed E-state index contributed by atoms with van der Waals surface area (Å²) in [6.07, 6.45) is -7.12. The van der Waals surface area contributed by atoms with E-state index in [2.05, 4.69) is 10.2 Å². The zero-order valence-electron chi connectivity index (χ0n) is 14.8. The molecule has 1 heterocycles. The Kier molecular flexibility index (Phi) is 6.65. The lowest BCUT2D eigenvalue weighted by atomic mass is 9.97. The zero-order valence-corrected chi connectivity index (χ0v) is 14.8. The van der Waals surface area contributed by atoms with Gasteiger partial charge in [0.25, 0.3) is 0 Å². The van der Waals surface area contributed by atoms with Crippen LogP contribution in [-0.4, -0.2) is 29.1 Å². The molecule has 1 aromatic heterocycles. The van der Waals surface area contributed by atoms with Gasteiger partial charge in [0.1, 0.15) is 11.9 Å². The third kappa shape index (κ3) is 6.46. The molecule has 0 saturated heterocycles. The lowest BCUT2D eigenvalue weighted by Gasteiger charge is -2.22. The molecule has 27 heavy (non-hydrogen) atoms. The molecule has 7 nitrogen and oxygen atoms in total. The van der Waals surface area contributed by atoms with E-state index in [1.54, 1.807) is 38.1 Å². The molecular formula is C17H20F3N3O4. The van der Waals surface area contributed by atoms with Crippen LogP contribution in [-0.2, 0) is 4.74 Å². The predicted octanol–water partition coefficient (Wildman–Crippen LogP) is 4.04. The second kappa shape index (κ2) is 8.74. The fourth-order valence-corrected chi connectivity index (χ4v) is 2.45. The molecule has 1 amide bonds. The Bertz CT molecular complexity index is 764. The van der Waals surface area contributed by atoms with Crippen molar-refractivity contribution in [3.8, 4) is 5.75 Å². The minimum absolute atomic E-state index is 0.0945. The number of benzene rings is 1. The Balaban J connectivity index is 2.12. The lowest BCUT2D eigenvalue weighted by Crippen LogP contribution is -2.21. The monoisotopic (exact) mass is 387 g/mol. The van der Waals surface area contributed by atoms with Crippen molar-refractivity contribution in [3.05, 3.63) is 41.6 Å². The van der Waals surface area contributed by atoms with Crippen molar-refractivity contribution < 1.29 is 31.9 Å². The Morgan fingerprint density at radius 3 is 2.67 bits per heavy atom. The van der Waals surface area contributed by atoms with Crippen LogP contribution in [0.15, 0.2) is 28.7 Å². The van der Waals surface area contributed by atoms with Gasteiger partial charge >= 0.3 is 12.3 Å². The molecule has 0 aliphatic heterocycles. The molecule has 2 aromatic rings. The number of carbonyl (C=O) groups is 1. The molecule has 2 atom stereocenters. The number of aryl methyl sites for hydroxylation is 1. The molecule has 0 aliphatic rings. The standard InChI is InChI=1S/C17H20F3N3O4/c1-10(15-23-22-11(2)26-15)14(27-16(21)24)12-5-3-6-13(9-12)25-8-4-7-17(18,19)20/h3,5-6,9-10,14H,4,7-8H2,1-2H3,(H2,21,24). The van der Waals surface area contributed by atoms with Gasteiger partial charge in [-0.05, 0) is 31.0 Å². The average molecular weight is 387 g/mol. The number of hydrogen-bond acceptors (Lipinski definition) is 6. The first-order chi connectivity index (χ1) is 12.7. The molecule has 0 bridgehead atoms. The van der Waals surface area contributed by atoms with Crippen LogP contribution in [0.4, 0.5) is 18.0 Å². The summed E-state index contributed by atoms with van der Waals surface area (Å²) < 4.78 is 52.5. The first-order valence-electron chi connectivity index (χ1n) is 8.21. The molecule has 1 aromatic carbocycles. The van der Waals surface area contributed by atoms with E-state index in [-0.39, 0.29) is 18.9 Å². The fourth-order valence-electron chi connectivity index (χ4n) is 2.45. The van der Waals surface area contributed by atoms with Crippen molar-refractivity contribution in [2.24, 2.45) is 5.73 Å². The van der Waals surface area contributed by atoms with Crippen LogP contribution in [0.1, 0.15) is 49.1 Å². The summed E-state index contributed by atoms with van der Waals surface area (Å²) in [6, 6.07) is 6.48. The molecule has 2 N–H and O–H groups in total. The van der Waals surface area contributed by atoms with Crippen LogP contribution in [0, 0.1) is 6.92 Å². The molecule has 148 valence electrons. The number of carbonyl (C=O) groups excluding carboxylic acids is 1. The highest BCUT2D eigenvalue weighted by Gasteiger charge is 2.29. The van der Waals surface area contributed by atoms with Crippen LogP contribution in [0.5, 0.6) is 5.75 Å². The van der Waals surface area contributed by atoms with E-state index in [1.165, 1.54) is 0 Å². The summed E-state index contributed by atoms with van der Waals surface area (Å²) in [5, 5.41) is 7.66. The van der Waals surface area contributed by atoms with E-state index in [0.29, 0.717) is 17.2 Å². The quantitative estimate of drug-likeness (QED) is 0.686. The maximum atomic E-state index is 12.2. The second-order valence-electron chi connectivity index (χ2n) is 5.95. The van der Waals surface area contributed by atoms with Crippen molar-refractivity contribution in [2.45, 2.75) is 44.9 Å². The number of amides is 1. The van der Waals surface area contributed by atoms with Gasteiger partial charge in [0, 0.05) is 13.3 Å². The number of halogens is 3. The Hall–Kier alpha value is -2.78. The fraction of sp³-hybridized carbons (Fsp3) is 0.471. The Morgan fingerprint density at radius 1 is 1.33 bits per heavy atom. The lowest BCUT2D eigenvalue weighted by molar-refractivity contribution is -0.136. The Labute approximate surface area is 153 Å². The molecule has 0 fully saturated rings. The Morgan fingerprint density at radius 2 is 2.07 bits per heavy atom. The van der Waals surface area contributed by atoms with Gasteiger partial charge in [-0.25, -0.2) is 4.79 Å². The second-order valence-corrected chi connectivity index (χ2v) is 5.95. The molecule has 2 unspecified atom stereocenters. The number of nitrogens with zero attached hydrogens (tertiary/aromatic N) is 2. The minimum Gasteiger partial charge on any atom is -0.494 e. The number of primary amides is 1. The number of ether oxygens (including phenoxy) is 2. The van der Waals surface area contributed by atoms with Gasteiger partial charge in [0.15, 0.2) is 0 Å². The number of nitrogens with two attached hydrogens (primary N) is 1. The summed E-state index contributed by atoms with van der Waals surface area (Å²) in [6.45, 7) is 3.25. The first-order valence-corrected chi connectivity index (χ1v) is 8.21. The minimum atomic E-state index is -4.22. The smallest absolute Gasteiger partial charge is 0.405 e. The molecule has 10 heteroatoms. The highest BCUT2D eigenvalue weighted by Crippen LogP contribution is 2.34. The maximum absolute atomic E-state index is 12.2. The third-order valence-corrected chi connectivity index (χ3v) is 3.69. The van der Waals surface area contributed by atoms with E-state index in [1.807, 2.05) is 0 Å². The summed E-state index contributed by atoms with van der Waals surface area (Å²) in [7, 11) is 0. The molecule has 0 spiro atoms. The van der Waals surface area contributed by atoms with Crippen molar-refractivity contribution in [1.82, 2.24) is 10.2 Å². The van der Waals surface area contributed by atoms with Crippen LogP contribution < -0.4 is 10.5 Å². The highest BCUT2D eigenvalue weighted by molar-refractivity contribution is 5.65. The zero-order chi connectivity index (χ0) is 20.0. The van der Waals surface area contributed by atoms with E-state index >= 15 is 0 Å². The van der Waals surface area contributed by atoms with Crippen molar-refractivity contribution in [2.75, 3.05) is 6.61 Å². The van der Waals surface area contributed by atoms with E-state index in [9.17, 15) is 18.0 Å². The number of aromatic nitrogens is 2. The predicted molar refractivity (Wildman–Crippen MR) is 88.1 cm³/mol. The normalized spacial score (nSPS) is 13.8. The molecule has 2 rings (SSSR count). The summed E-state index contributed by atoms with van der Waals surface area (Å²) in [5.41, 5.74) is 5.70.